The fraction of sp³-hybridized carbons (Fsp3) is 0.400. The van der Waals surface area contributed by atoms with E-state index < -0.39 is 18.4 Å². The Kier molecular flexibility index (Phi) is 6.35. The molecule has 188 valence electrons. The van der Waals surface area contributed by atoms with Crippen LogP contribution in [0.2, 0.25) is 5.02 Å². The van der Waals surface area contributed by atoms with Crippen molar-refractivity contribution in [2.24, 2.45) is 4.99 Å². The Morgan fingerprint density at radius 3 is 2.64 bits per heavy atom. The van der Waals surface area contributed by atoms with Gasteiger partial charge in [-0.3, -0.25) is 9.89 Å². The number of benzene rings is 1. The summed E-state index contributed by atoms with van der Waals surface area (Å²) >= 11 is 8.02. The molecular weight excluding hydrogens is 509 g/mol. The Morgan fingerprint density at radius 1 is 1.11 bits per heavy atom. The molecule has 3 aliphatic rings. The molecule has 0 aliphatic carbocycles. The molecule has 5 heterocycles. The molecule has 6 rings (SSSR count). The van der Waals surface area contributed by atoms with Gasteiger partial charge >= 0.3 is 6.55 Å². The first-order valence-electron chi connectivity index (χ1n) is 12.0. The van der Waals surface area contributed by atoms with E-state index in [2.05, 4.69) is 19.9 Å². The molecule has 2 atom stereocenters. The SMILES string of the molecule is Fc1ccc([C@@H]2N=C(c3nccs3)N3C[C@@H](N4CCCCC4)CC3=C2c2ccn(C(F)F)n2)c(Cl)c1. The molecule has 0 spiro atoms. The number of rotatable bonds is 5. The zero-order valence-corrected chi connectivity index (χ0v) is 20.9. The number of aliphatic imine (C=N–C) groups is 1. The Morgan fingerprint density at radius 2 is 1.94 bits per heavy atom. The van der Waals surface area contributed by atoms with Crippen LogP contribution >= 0.6 is 22.9 Å². The number of hydrogen-bond donors (Lipinski definition) is 0. The van der Waals surface area contributed by atoms with Crippen molar-refractivity contribution in [3.63, 3.8) is 0 Å². The van der Waals surface area contributed by atoms with Gasteiger partial charge in [-0.25, -0.2) is 14.1 Å². The topological polar surface area (TPSA) is 49.6 Å². The van der Waals surface area contributed by atoms with Crippen LogP contribution in [0.5, 0.6) is 0 Å². The maximum absolute atomic E-state index is 13.9. The summed E-state index contributed by atoms with van der Waals surface area (Å²) < 4.78 is 41.5. The zero-order valence-electron chi connectivity index (χ0n) is 19.3. The van der Waals surface area contributed by atoms with Crippen LogP contribution in [0.3, 0.4) is 0 Å². The van der Waals surface area contributed by atoms with E-state index in [-0.39, 0.29) is 11.1 Å². The van der Waals surface area contributed by atoms with Gasteiger partial charge in [0.15, 0.2) is 10.8 Å². The van der Waals surface area contributed by atoms with Crippen LogP contribution in [0.15, 0.2) is 52.7 Å². The van der Waals surface area contributed by atoms with E-state index >= 15 is 0 Å². The number of halogens is 4. The molecule has 36 heavy (non-hydrogen) atoms. The second-order valence-electron chi connectivity index (χ2n) is 9.24. The molecule has 3 aromatic rings. The van der Waals surface area contributed by atoms with E-state index in [9.17, 15) is 13.2 Å². The highest BCUT2D eigenvalue weighted by atomic mass is 35.5. The number of amidine groups is 1. The highest BCUT2D eigenvalue weighted by Gasteiger charge is 2.42. The zero-order chi connectivity index (χ0) is 24.8. The summed E-state index contributed by atoms with van der Waals surface area (Å²) in [7, 11) is 0. The predicted molar refractivity (Wildman–Crippen MR) is 134 cm³/mol. The van der Waals surface area contributed by atoms with Crippen LogP contribution in [0.25, 0.3) is 5.57 Å². The summed E-state index contributed by atoms with van der Waals surface area (Å²) in [5.74, 6) is 0.273. The van der Waals surface area contributed by atoms with Crippen LogP contribution in [0.1, 0.15) is 54.5 Å². The molecule has 0 saturated carbocycles. The molecule has 11 heteroatoms. The maximum atomic E-state index is 13.9. The second kappa shape index (κ2) is 9.64. The second-order valence-corrected chi connectivity index (χ2v) is 10.5. The largest absolute Gasteiger partial charge is 0.333 e. The third kappa shape index (κ3) is 4.25. The van der Waals surface area contributed by atoms with Gasteiger partial charge < -0.3 is 4.90 Å². The van der Waals surface area contributed by atoms with E-state index in [1.54, 1.807) is 18.3 Å². The molecule has 0 radical (unpaired) electrons. The lowest BCUT2D eigenvalue weighted by Crippen LogP contribution is -2.42. The van der Waals surface area contributed by atoms with E-state index in [4.69, 9.17) is 16.6 Å². The summed E-state index contributed by atoms with van der Waals surface area (Å²) in [6.45, 7) is 0.0586. The van der Waals surface area contributed by atoms with Crippen molar-refractivity contribution in [1.29, 1.82) is 0 Å². The summed E-state index contributed by atoms with van der Waals surface area (Å²) in [6.07, 6.45) is 7.33. The first-order valence-corrected chi connectivity index (χ1v) is 13.3. The average molecular weight is 533 g/mol. The van der Waals surface area contributed by atoms with Gasteiger partial charge in [0.2, 0.25) is 0 Å². The highest BCUT2D eigenvalue weighted by molar-refractivity contribution is 7.11. The van der Waals surface area contributed by atoms with Gasteiger partial charge in [0.25, 0.3) is 0 Å². The van der Waals surface area contributed by atoms with E-state index in [0.29, 0.717) is 15.9 Å². The third-order valence-electron chi connectivity index (χ3n) is 7.11. The van der Waals surface area contributed by atoms with Gasteiger partial charge in [-0.1, -0.05) is 24.1 Å². The Bertz CT molecular complexity index is 1320. The first kappa shape index (κ1) is 23.7. The van der Waals surface area contributed by atoms with Gasteiger partial charge in [0.05, 0.1) is 5.69 Å². The van der Waals surface area contributed by atoms with Gasteiger partial charge in [-0.2, -0.15) is 13.9 Å². The average Bonchev–Trinajstić information content (AvgIpc) is 3.65. The van der Waals surface area contributed by atoms with Gasteiger partial charge in [-0.05, 0) is 44.1 Å². The lowest BCUT2D eigenvalue weighted by Gasteiger charge is -2.33. The number of piperidine rings is 1. The Labute approximate surface area is 215 Å². The van der Waals surface area contributed by atoms with Gasteiger partial charge in [-0.15, -0.1) is 11.3 Å². The molecular formula is C25H24ClF3N6S. The van der Waals surface area contributed by atoms with Crippen molar-refractivity contribution in [1.82, 2.24) is 24.6 Å². The normalized spacial score (nSPS) is 22.9. The smallest absolute Gasteiger partial charge is 0.326 e. The molecule has 0 unspecified atom stereocenters. The van der Waals surface area contributed by atoms with Crippen LogP contribution < -0.4 is 0 Å². The summed E-state index contributed by atoms with van der Waals surface area (Å²) in [4.78, 5) is 14.3. The molecule has 6 nitrogen and oxygen atoms in total. The first-order chi connectivity index (χ1) is 17.5. The number of thiazole rings is 1. The molecule has 1 aromatic carbocycles. The standard InChI is InChI=1S/C25H24ClF3N6S/c26-18-12-15(27)4-5-17(18)22-21(19-6-10-35(32-19)25(28)29)20-13-16(33-8-2-1-3-9-33)14-34(20)23(31-22)24-30-7-11-36-24/h4-7,10-12,16,22,25H,1-3,8-9,13-14H2/t16-,22-/m0/s1. The van der Waals surface area contributed by atoms with Crippen LogP contribution in [0, 0.1) is 5.82 Å². The lowest BCUT2D eigenvalue weighted by molar-refractivity contribution is 0.0564. The molecule has 2 fully saturated rings. The van der Waals surface area contributed by atoms with E-state index in [1.165, 1.54) is 48.9 Å². The van der Waals surface area contributed by atoms with Crippen molar-refractivity contribution < 1.29 is 13.2 Å². The minimum atomic E-state index is -2.75. The number of nitrogens with zero attached hydrogens (tertiary/aromatic N) is 6. The van der Waals surface area contributed by atoms with Crippen LogP contribution in [-0.2, 0) is 0 Å². The third-order valence-corrected chi connectivity index (χ3v) is 8.21. The summed E-state index contributed by atoms with van der Waals surface area (Å²) in [5, 5.41) is 7.11. The predicted octanol–water partition coefficient (Wildman–Crippen LogP) is 6.00. The van der Waals surface area contributed by atoms with Crippen molar-refractivity contribution >= 4 is 34.3 Å². The van der Waals surface area contributed by atoms with Gasteiger partial charge in [0, 0.05) is 58.6 Å². The van der Waals surface area contributed by atoms with Crippen molar-refractivity contribution in [3.8, 4) is 0 Å². The quantitative estimate of drug-likeness (QED) is 0.404. The Hall–Kier alpha value is -2.69. The van der Waals surface area contributed by atoms with Crippen LogP contribution in [0.4, 0.5) is 13.2 Å². The van der Waals surface area contributed by atoms with Crippen molar-refractivity contribution in [2.45, 2.75) is 44.3 Å². The number of hydrogen-bond acceptors (Lipinski definition) is 6. The monoisotopic (exact) mass is 532 g/mol. The fourth-order valence-electron chi connectivity index (χ4n) is 5.46. The number of aromatic nitrogens is 3. The van der Waals surface area contributed by atoms with E-state index in [1.807, 2.05) is 5.38 Å². The highest BCUT2D eigenvalue weighted by Crippen LogP contribution is 2.47. The number of likely N-dealkylation sites (tertiary alicyclic amines) is 1. The molecule has 0 N–H and O–H groups in total. The van der Waals surface area contributed by atoms with Crippen molar-refractivity contribution in [3.05, 3.63) is 74.8 Å². The molecule has 0 bridgehead atoms. The summed E-state index contributed by atoms with van der Waals surface area (Å²) in [6, 6.07) is 5.44. The number of alkyl halides is 2. The Balaban J connectivity index is 1.52. The lowest BCUT2D eigenvalue weighted by atomic mass is 9.92. The van der Waals surface area contributed by atoms with Crippen LogP contribution in [-0.4, -0.2) is 56.1 Å². The summed E-state index contributed by atoms with van der Waals surface area (Å²) in [5.41, 5.74) is 2.72. The van der Waals surface area contributed by atoms with E-state index in [0.717, 1.165) is 48.2 Å². The minimum Gasteiger partial charge on any atom is -0.326 e. The molecule has 2 saturated heterocycles. The molecule has 2 aromatic heterocycles. The maximum Gasteiger partial charge on any atom is 0.333 e. The molecule has 3 aliphatic heterocycles. The van der Waals surface area contributed by atoms with Crippen molar-refractivity contribution in [2.75, 3.05) is 19.6 Å². The fourth-order valence-corrected chi connectivity index (χ4v) is 6.37. The minimum absolute atomic E-state index is 0.229. The number of fused-ring (bicyclic) bond motifs is 1. The van der Waals surface area contributed by atoms with Gasteiger partial charge in [0.1, 0.15) is 11.9 Å². The molecule has 0 amide bonds.